The summed E-state index contributed by atoms with van der Waals surface area (Å²) in [4.78, 5) is 37.4. The Morgan fingerprint density at radius 3 is 2.45 bits per heavy atom. The average molecular weight is 453 g/mol. The minimum atomic E-state index is -0.758. The van der Waals surface area contributed by atoms with Gasteiger partial charge < -0.3 is 19.5 Å². The van der Waals surface area contributed by atoms with E-state index in [0.717, 1.165) is 5.56 Å². The molecule has 9 nitrogen and oxygen atoms in total. The zero-order chi connectivity index (χ0) is 23.8. The predicted octanol–water partition coefficient (Wildman–Crippen LogP) is 2.34. The number of aryl methyl sites for hydroxylation is 1. The normalized spacial score (nSPS) is 10.6. The number of ether oxygens (including phenoxy) is 3. The van der Waals surface area contributed by atoms with Crippen LogP contribution in [0.1, 0.15) is 29.4 Å². The van der Waals surface area contributed by atoms with Crippen molar-refractivity contribution in [1.29, 1.82) is 0 Å². The van der Waals surface area contributed by atoms with E-state index in [9.17, 15) is 14.4 Å². The van der Waals surface area contributed by atoms with Gasteiger partial charge in [0.05, 0.1) is 19.6 Å². The van der Waals surface area contributed by atoms with E-state index in [-0.39, 0.29) is 11.3 Å². The molecule has 1 N–H and O–H groups in total. The third kappa shape index (κ3) is 5.68. The summed E-state index contributed by atoms with van der Waals surface area (Å²) < 4.78 is 16.9. The highest BCUT2D eigenvalue weighted by molar-refractivity contribution is 6.02. The van der Waals surface area contributed by atoms with Crippen molar-refractivity contribution in [2.24, 2.45) is 0 Å². The van der Waals surface area contributed by atoms with Crippen molar-refractivity contribution in [2.45, 2.75) is 26.3 Å². The summed E-state index contributed by atoms with van der Waals surface area (Å²) >= 11 is 0. The number of esters is 1. The lowest BCUT2D eigenvalue weighted by atomic mass is 10.1. The molecule has 1 aromatic heterocycles. The Bertz CT molecular complexity index is 1200. The molecule has 174 valence electrons. The number of carbonyl (C=O) groups is 2. The Balaban J connectivity index is 1.60. The summed E-state index contributed by atoms with van der Waals surface area (Å²) in [5.41, 5.74) is 0.701. The van der Waals surface area contributed by atoms with Crippen molar-refractivity contribution < 1.29 is 23.8 Å². The molecular formula is C24H27N3O6. The van der Waals surface area contributed by atoms with Crippen LogP contribution in [0.5, 0.6) is 11.5 Å². The summed E-state index contributed by atoms with van der Waals surface area (Å²) in [7, 11) is 3.12. The maximum absolute atomic E-state index is 12.7. The van der Waals surface area contributed by atoms with E-state index in [0.29, 0.717) is 48.2 Å². The Morgan fingerprint density at radius 1 is 1.03 bits per heavy atom. The molecule has 3 aromatic rings. The molecule has 0 bridgehead atoms. The Morgan fingerprint density at radius 2 is 1.76 bits per heavy atom. The zero-order valence-electron chi connectivity index (χ0n) is 18.9. The van der Waals surface area contributed by atoms with E-state index in [1.165, 1.54) is 4.68 Å². The van der Waals surface area contributed by atoms with Gasteiger partial charge in [-0.15, -0.1) is 0 Å². The standard InChI is InChI=1S/C24H27N3O6/c1-4-13-27-23(29)18-8-6-5-7-17(18)22(26-27)24(30)33-15-21(28)25-12-11-16-9-10-19(31-2)20(14-16)32-3/h5-10,14H,4,11-13,15H2,1-3H3,(H,25,28). The molecule has 3 rings (SSSR count). The summed E-state index contributed by atoms with van der Waals surface area (Å²) in [6.07, 6.45) is 1.25. The number of fused-ring (bicyclic) bond motifs is 1. The molecule has 0 fully saturated rings. The second kappa shape index (κ2) is 11.1. The van der Waals surface area contributed by atoms with Crippen LogP contribution >= 0.6 is 0 Å². The molecule has 1 heterocycles. The maximum atomic E-state index is 12.7. The quantitative estimate of drug-likeness (QED) is 0.469. The monoisotopic (exact) mass is 453 g/mol. The molecule has 2 aromatic carbocycles. The van der Waals surface area contributed by atoms with Gasteiger partial charge in [0.2, 0.25) is 0 Å². The minimum absolute atomic E-state index is 0.0109. The SMILES string of the molecule is CCCn1nc(C(=O)OCC(=O)NCCc2ccc(OC)c(OC)c2)c2ccccc2c1=O. The van der Waals surface area contributed by atoms with Crippen LogP contribution in [0, 0.1) is 0 Å². The van der Waals surface area contributed by atoms with Gasteiger partial charge in [-0.25, -0.2) is 9.48 Å². The smallest absolute Gasteiger partial charge is 0.359 e. The van der Waals surface area contributed by atoms with Crippen LogP contribution in [0.3, 0.4) is 0 Å². The predicted molar refractivity (Wildman–Crippen MR) is 123 cm³/mol. The molecule has 0 saturated heterocycles. The molecule has 0 spiro atoms. The van der Waals surface area contributed by atoms with Crippen molar-refractivity contribution in [3.63, 3.8) is 0 Å². The zero-order valence-corrected chi connectivity index (χ0v) is 18.9. The first-order valence-electron chi connectivity index (χ1n) is 10.6. The highest BCUT2D eigenvalue weighted by Gasteiger charge is 2.18. The molecule has 33 heavy (non-hydrogen) atoms. The van der Waals surface area contributed by atoms with Gasteiger partial charge in [0.25, 0.3) is 11.5 Å². The van der Waals surface area contributed by atoms with E-state index in [4.69, 9.17) is 14.2 Å². The Hall–Kier alpha value is -3.88. The highest BCUT2D eigenvalue weighted by atomic mass is 16.5. The highest BCUT2D eigenvalue weighted by Crippen LogP contribution is 2.27. The summed E-state index contributed by atoms with van der Waals surface area (Å²) in [5.74, 6) is 0.0455. The van der Waals surface area contributed by atoms with Crippen LogP contribution < -0.4 is 20.3 Å². The average Bonchev–Trinajstić information content (AvgIpc) is 2.84. The lowest BCUT2D eigenvalue weighted by Gasteiger charge is -2.11. The van der Waals surface area contributed by atoms with Gasteiger partial charge in [-0.2, -0.15) is 5.10 Å². The molecule has 0 aliphatic carbocycles. The van der Waals surface area contributed by atoms with Gasteiger partial charge in [0, 0.05) is 18.5 Å². The van der Waals surface area contributed by atoms with E-state index in [1.54, 1.807) is 44.6 Å². The number of methoxy groups -OCH3 is 2. The fourth-order valence-corrected chi connectivity index (χ4v) is 3.38. The minimum Gasteiger partial charge on any atom is -0.493 e. The van der Waals surface area contributed by atoms with E-state index >= 15 is 0 Å². The van der Waals surface area contributed by atoms with Crippen LogP contribution in [0.2, 0.25) is 0 Å². The van der Waals surface area contributed by atoms with Crippen LogP contribution in [0.4, 0.5) is 0 Å². The van der Waals surface area contributed by atoms with Crippen molar-refractivity contribution in [3.05, 3.63) is 64.1 Å². The third-order valence-electron chi connectivity index (χ3n) is 5.01. The molecule has 0 unspecified atom stereocenters. The van der Waals surface area contributed by atoms with Gasteiger partial charge in [-0.05, 0) is 36.6 Å². The molecule has 1 amide bonds. The van der Waals surface area contributed by atoms with Crippen molar-refractivity contribution in [2.75, 3.05) is 27.4 Å². The maximum Gasteiger partial charge on any atom is 0.359 e. The van der Waals surface area contributed by atoms with Gasteiger partial charge in [-0.3, -0.25) is 9.59 Å². The number of carbonyl (C=O) groups excluding carboxylic acids is 2. The first-order chi connectivity index (χ1) is 16.0. The molecule has 0 aliphatic heterocycles. The molecule has 0 atom stereocenters. The van der Waals surface area contributed by atoms with E-state index in [2.05, 4.69) is 10.4 Å². The first-order valence-corrected chi connectivity index (χ1v) is 10.6. The molecule has 0 saturated carbocycles. The number of hydrogen-bond donors (Lipinski definition) is 1. The van der Waals surface area contributed by atoms with Gasteiger partial charge in [0.1, 0.15) is 0 Å². The number of benzene rings is 2. The van der Waals surface area contributed by atoms with E-state index < -0.39 is 18.5 Å². The molecule has 0 aliphatic rings. The largest absolute Gasteiger partial charge is 0.493 e. The molecular weight excluding hydrogens is 426 g/mol. The van der Waals surface area contributed by atoms with Gasteiger partial charge in [0.15, 0.2) is 23.8 Å². The number of nitrogens with one attached hydrogen (secondary N) is 1. The lowest BCUT2D eigenvalue weighted by molar-refractivity contribution is -0.124. The molecule has 0 radical (unpaired) electrons. The van der Waals surface area contributed by atoms with E-state index in [1.807, 2.05) is 19.1 Å². The topological polar surface area (TPSA) is 109 Å². The van der Waals surface area contributed by atoms with Crippen LogP contribution in [-0.4, -0.2) is 49.0 Å². The second-order valence-electron chi connectivity index (χ2n) is 7.29. The Labute approximate surface area is 191 Å². The summed E-state index contributed by atoms with van der Waals surface area (Å²) in [6, 6.07) is 12.2. The lowest BCUT2D eigenvalue weighted by Crippen LogP contribution is -2.31. The van der Waals surface area contributed by atoms with Crippen molar-refractivity contribution in [1.82, 2.24) is 15.1 Å². The second-order valence-corrected chi connectivity index (χ2v) is 7.29. The fourth-order valence-electron chi connectivity index (χ4n) is 3.38. The van der Waals surface area contributed by atoms with Crippen LogP contribution in [0.25, 0.3) is 10.8 Å². The number of amides is 1. The number of aromatic nitrogens is 2. The summed E-state index contributed by atoms with van der Waals surface area (Å²) in [6.45, 7) is 2.19. The van der Waals surface area contributed by atoms with Crippen molar-refractivity contribution in [3.8, 4) is 11.5 Å². The van der Waals surface area contributed by atoms with Crippen molar-refractivity contribution >= 4 is 22.6 Å². The summed E-state index contributed by atoms with van der Waals surface area (Å²) in [5, 5.41) is 7.67. The van der Waals surface area contributed by atoms with Crippen LogP contribution in [-0.2, 0) is 22.5 Å². The van der Waals surface area contributed by atoms with Gasteiger partial charge >= 0.3 is 5.97 Å². The van der Waals surface area contributed by atoms with Gasteiger partial charge in [-0.1, -0.05) is 31.2 Å². The number of hydrogen-bond acceptors (Lipinski definition) is 7. The Kier molecular flexibility index (Phi) is 8.01. The first kappa shape index (κ1) is 23.8. The number of nitrogens with zero attached hydrogens (tertiary/aromatic N) is 2. The van der Waals surface area contributed by atoms with Crippen LogP contribution in [0.15, 0.2) is 47.3 Å². The number of rotatable bonds is 10. The molecule has 9 heteroatoms. The third-order valence-corrected chi connectivity index (χ3v) is 5.01. The fraction of sp³-hybridized carbons (Fsp3) is 0.333.